The van der Waals surface area contributed by atoms with E-state index in [9.17, 15) is 4.79 Å². The van der Waals surface area contributed by atoms with Crippen molar-refractivity contribution in [3.8, 4) is 5.75 Å². The summed E-state index contributed by atoms with van der Waals surface area (Å²) in [6.45, 7) is 2.36. The first-order valence-corrected chi connectivity index (χ1v) is 5.48. The third kappa shape index (κ3) is 4.82. The lowest BCUT2D eigenvalue weighted by Gasteiger charge is -2.09. The average molecular weight is 239 g/mol. The highest BCUT2D eigenvalue weighted by molar-refractivity contribution is 5.69. The Labute approximate surface area is 101 Å². The molecule has 0 unspecified atom stereocenters. The number of esters is 1. The quantitative estimate of drug-likeness (QED) is 0.534. The van der Waals surface area contributed by atoms with Crippen LogP contribution in [-0.4, -0.2) is 31.5 Å². The molecule has 0 spiro atoms. The van der Waals surface area contributed by atoms with Gasteiger partial charge in [-0.3, -0.25) is 9.78 Å². The molecule has 0 aromatic carbocycles. The van der Waals surface area contributed by atoms with Gasteiger partial charge in [-0.15, -0.1) is 0 Å². The topological polar surface area (TPSA) is 57.7 Å². The minimum Gasteiger partial charge on any atom is -0.466 e. The second-order valence-electron chi connectivity index (χ2n) is 3.34. The molecule has 0 radical (unpaired) electrons. The van der Waals surface area contributed by atoms with E-state index in [0.717, 1.165) is 5.56 Å². The molecule has 0 aliphatic rings. The number of rotatable bonds is 7. The fourth-order valence-corrected chi connectivity index (χ4v) is 1.34. The summed E-state index contributed by atoms with van der Waals surface area (Å²) in [4.78, 5) is 15.2. The standard InChI is InChI=1S/C12H17NO4/c1-3-16-12(14)5-4-10-6-7-13-8-11(10)17-9-15-2/h6-8H,3-5,9H2,1-2H3. The highest BCUT2D eigenvalue weighted by Gasteiger charge is 2.07. The Morgan fingerprint density at radius 2 is 2.29 bits per heavy atom. The van der Waals surface area contributed by atoms with Gasteiger partial charge in [0.25, 0.3) is 0 Å². The van der Waals surface area contributed by atoms with Crippen molar-refractivity contribution in [1.29, 1.82) is 0 Å². The van der Waals surface area contributed by atoms with E-state index in [4.69, 9.17) is 14.2 Å². The fourth-order valence-electron chi connectivity index (χ4n) is 1.34. The summed E-state index contributed by atoms with van der Waals surface area (Å²) in [5.74, 6) is 0.431. The first-order chi connectivity index (χ1) is 8.27. The first kappa shape index (κ1) is 13.4. The van der Waals surface area contributed by atoms with Crippen molar-refractivity contribution in [2.75, 3.05) is 20.5 Å². The van der Waals surface area contributed by atoms with Crippen molar-refractivity contribution in [2.45, 2.75) is 19.8 Å². The van der Waals surface area contributed by atoms with Gasteiger partial charge in [-0.2, -0.15) is 0 Å². The third-order valence-electron chi connectivity index (χ3n) is 2.11. The molecule has 0 amide bonds. The maximum absolute atomic E-state index is 11.2. The maximum atomic E-state index is 11.2. The van der Waals surface area contributed by atoms with Crippen LogP contribution in [-0.2, 0) is 20.7 Å². The molecule has 0 aliphatic carbocycles. The molecule has 0 bridgehead atoms. The van der Waals surface area contributed by atoms with Gasteiger partial charge in [-0.25, -0.2) is 0 Å². The molecule has 1 aromatic heterocycles. The third-order valence-corrected chi connectivity index (χ3v) is 2.11. The molecule has 17 heavy (non-hydrogen) atoms. The van der Waals surface area contributed by atoms with Crippen molar-refractivity contribution in [1.82, 2.24) is 4.98 Å². The summed E-state index contributed by atoms with van der Waals surface area (Å²) in [5.41, 5.74) is 0.921. The van der Waals surface area contributed by atoms with Crippen LogP contribution in [0.4, 0.5) is 0 Å². The summed E-state index contributed by atoms with van der Waals surface area (Å²) < 4.78 is 15.0. The van der Waals surface area contributed by atoms with E-state index >= 15 is 0 Å². The van der Waals surface area contributed by atoms with Gasteiger partial charge >= 0.3 is 5.97 Å². The van der Waals surface area contributed by atoms with Crippen LogP contribution in [0.3, 0.4) is 0 Å². The van der Waals surface area contributed by atoms with Gasteiger partial charge in [0.1, 0.15) is 5.75 Å². The maximum Gasteiger partial charge on any atom is 0.306 e. The largest absolute Gasteiger partial charge is 0.466 e. The van der Waals surface area contributed by atoms with E-state index in [2.05, 4.69) is 4.98 Å². The summed E-state index contributed by atoms with van der Waals surface area (Å²) in [5, 5.41) is 0. The number of aryl methyl sites for hydroxylation is 1. The number of hydrogen-bond donors (Lipinski definition) is 0. The molecule has 5 nitrogen and oxygen atoms in total. The van der Waals surface area contributed by atoms with Crippen LogP contribution in [0.1, 0.15) is 18.9 Å². The number of ether oxygens (including phenoxy) is 3. The molecular weight excluding hydrogens is 222 g/mol. The van der Waals surface area contributed by atoms with Crippen molar-refractivity contribution < 1.29 is 19.0 Å². The molecule has 0 N–H and O–H groups in total. The smallest absolute Gasteiger partial charge is 0.306 e. The zero-order chi connectivity index (χ0) is 12.5. The van der Waals surface area contributed by atoms with Crippen LogP contribution < -0.4 is 4.74 Å². The molecule has 0 saturated carbocycles. The minimum atomic E-state index is -0.206. The van der Waals surface area contributed by atoms with Gasteiger partial charge in [-0.05, 0) is 25.0 Å². The van der Waals surface area contributed by atoms with Crippen molar-refractivity contribution in [3.63, 3.8) is 0 Å². The SMILES string of the molecule is CCOC(=O)CCc1ccncc1OCOC. The van der Waals surface area contributed by atoms with Gasteiger partial charge in [0.05, 0.1) is 12.8 Å². The highest BCUT2D eigenvalue weighted by Crippen LogP contribution is 2.18. The second kappa shape index (κ2) is 7.62. The number of carbonyl (C=O) groups excluding carboxylic acids is 1. The lowest BCUT2D eigenvalue weighted by molar-refractivity contribution is -0.143. The molecule has 0 atom stereocenters. The Morgan fingerprint density at radius 1 is 1.47 bits per heavy atom. The van der Waals surface area contributed by atoms with Gasteiger partial charge < -0.3 is 14.2 Å². The number of carbonyl (C=O) groups is 1. The molecule has 0 fully saturated rings. The summed E-state index contributed by atoms with van der Waals surface area (Å²) in [6.07, 6.45) is 4.18. The monoisotopic (exact) mass is 239 g/mol. The summed E-state index contributed by atoms with van der Waals surface area (Å²) >= 11 is 0. The van der Waals surface area contributed by atoms with E-state index in [1.54, 1.807) is 26.4 Å². The number of nitrogens with zero attached hydrogens (tertiary/aromatic N) is 1. The first-order valence-electron chi connectivity index (χ1n) is 5.48. The summed E-state index contributed by atoms with van der Waals surface area (Å²) in [6, 6.07) is 1.82. The lowest BCUT2D eigenvalue weighted by atomic mass is 10.1. The molecule has 94 valence electrons. The normalized spacial score (nSPS) is 10.0. The average Bonchev–Trinajstić information content (AvgIpc) is 2.35. The van der Waals surface area contributed by atoms with Crippen molar-refractivity contribution in [2.24, 2.45) is 0 Å². The summed E-state index contributed by atoms with van der Waals surface area (Å²) in [7, 11) is 1.55. The number of aromatic nitrogens is 1. The Morgan fingerprint density at radius 3 is 3.00 bits per heavy atom. The fraction of sp³-hybridized carbons (Fsp3) is 0.500. The molecule has 1 heterocycles. The zero-order valence-corrected chi connectivity index (χ0v) is 10.1. The Hall–Kier alpha value is -1.62. The Balaban J connectivity index is 2.54. The van der Waals surface area contributed by atoms with Crippen LogP contribution in [0.15, 0.2) is 18.5 Å². The van der Waals surface area contributed by atoms with Crippen LogP contribution in [0.5, 0.6) is 5.75 Å². The van der Waals surface area contributed by atoms with Gasteiger partial charge in [0.2, 0.25) is 0 Å². The number of hydrogen-bond acceptors (Lipinski definition) is 5. The van der Waals surface area contributed by atoms with E-state index in [0.29, 0.717) is 25.2 Å². The number of methoxy groups -OCH3 is 1. The lowest BCUT2D eigenvalue weighted by Crippen LogP contribution is -2.07. The molecular formula is C12H17NO4. The van der Waals surface area contributed by atoms with E-state index < -0.39 is 0 Å². The van der Waals surface area contributed by atoms with Crippen LogP contribution in [0.2, 0.25) is 0 Å². The molecule has 1 aromatic rings. The highest BCUT2D eigenvalue weighted by atomic mass is 16.7. The predicted octanol–water partition coefficient (Wildman–Crippen LogP) is 1.56. The van der Waals surface area contributed by atoms with Gasteiger partial charge in [0, 0.05) is 19.7 Å². The molecule has 1 rings (SSSR count). The molecule has 0 aliphatic heterocycles. The predicted molar refractivity (Wildman–Crippen MR) is 61.7 cm³/mol. The van der Waals surface area contributed by atoms with Crippen molar-refractivity contribution in [3.05, 3.63) is 24.0 Å². The van der Waals surface area contributed by atoms with Crippen LogP contribution in [0.25, 0.3) is 0 Å². The Kier molecular flexibility index (Phi) is 6.03. The van der Waals surface area contributed by atoms with E-state index in [-0.39, 0.29) is 12.8 Å². The second-order valence-corrected chi connectivity index (χ2v) is 3.34. The minimum absolute atomic E-state index is 0.165. The zero-order valence-electron chi connectivity index (χ0n) is 10.1. The van der Waals surface area contributed by atoms with Crippen LogP contribution in [0, 0.1) is 0 Å². The van der Waals surface area contributed by atoms with E-state index in [1.807, 2.05) is 6.07 Å². The Bertz CT molecular complexity index is 354. The van der Waals surface area contributed by atoms with Crippen LogP contribution >= 0.6 is 0 Å². The van der Waals surface area contributed by atoms with E-state index in [1.165, 1.54) is 0 Å². The molecule has 5 heteroatoms. The van der Waals surface area contributed by atoms with Gasteiger partial charge in [0.15, 0.2) is 6.79 Å². The van der Waals surface area contributed by atoms with Gasteiger partial charge in [-0.1, -0.05) is 0 Å². The number of pyridine rings is 1. The van der Waals surface area contributed by atoms with Crippen molar-refractivity contribution >= 4 is 5.97 Å². The molecule has 0 saturated heterocycles.